The van der Waals surface area contributed by atoms with Gasteiger partial charge < -0.3 is 9.47 Å². The zero-order valence-corrected chi connectivity index (χ0v) is 14.3. The van der Waals surface area contributed by atoms with Crippen LogP contribution in [0.3, 0.4) is 0 Å². The molecule has 112 valence electrons. The van der Waals surface area contributed by atoms with Crippen molar-refractivity contribution in [2.45, 2.75) is 13.8 Å². The fourth-order valence-corrected chi connectivity index (χ4v) is 2.60. The molecule has 0 amide bonds. The van der Waals surface area contributed by atoms with Crippen LogP contribution in [0.15, 0.2) is 21.7 Å². The molecular weight excluding hydrogens is 356 g/mol. The normalized spacial score (nSPS) is 11.0. The molecule has 0 spiro atoms. The number of hydrogen-bond acceptors (Lipinski definition) is 5. The molecule has 0 saturated carbocycles. The van der Waals surface area contributed by atoms with Gasteiger partial charge in [-0.1, -0.05) is 0 Å². The minimum Gasteiger partial charge on any atom is -0.492 e. The maximum Gasteiger partial charge on any atom is 0.216 e. The number of nitrogens with one attached hydrogen (secondary N) is 1. The summed E-state index contributed by atoms with van der Waals surface area (Å²) in [6.07, 6.45) is 1.69. The predicted molar refractivity (Wildman–Crippen MR) is 87.0 cm³/mol. The summed E-state index contributed by atoms with van der Waals surface area (Å²) in [6.45, 7) is 4.29. The molecule has 1 heterocycles. The van der Waals surface area contributed by atoms with E-state index in [1.165, 1.54) is 0 Å². The van der Waals surface area contributed by atoms with E-state index < -0.39 is 0 Å². The van der Waals surface area contributed by atoms with Crippen molar-refractivity contribution in [2.24, 2.45) is 5.10 Å². The number of aromatic amines is 1. The second-order valence-electron chi connectivity index (χ2n) is 4.10. The number of aromatic nitrogens is 3. The van der Waals surface area contributed by atoms with Crippen molar-refractivity contribution in [3.8, 4) is 11.5 Å². The van der Waals surface area contributed by atoms with Crippen molar-refractivity contribution in [2.75, 3.05) is 13.7 Å². The van der Waals surface area contributed by atoms with Gasteiger partial charge in [0.1, 0.15) is 5.82 Å². The van der Waals surface area contributed by atoms with Crippen molar-refractivity contribution in [3.05, 3.63) is 32.8 Å². The summed E-state index contributed by atoms with van der Waals surface area (Å²) in [5.74, 6) is 2.00. The molecule has 8 heteroatoms. The van der Waals surface area contributed by atoms with Gasteiger partial charge in [-0.2, -0.15) is 14.9 Å². The van der Waals surface area contributed by atoms with E-state index in [9.17, 15) is 0 Å². The first-order valence-electron chi connectivity index (χ1n) is 6.25. The Morgan fingerprint density at radius 1 is 1.52 bits per heavy atom. The SMILES string of the molecule is CCOc1cc(/C=N\n2c(C)n[nH]c2=S)cc(Br)c1OC. The maximum absolute atomic E-state index is 5.57. The number of H-pyrrole nitrogens is 1. The van der Waals surface area contributed by atoms with E-state index in [-0.39, 0.29) is 0 Å². The molecule has 1 aromatic heterocycles. The largest absolute Gasteiger partial charge is 0.492 e. The fourth-order valence-electron chi connectivity index (χ4n) is 1.75. The Labute approximate surface area is 135 Å². The van der Waals surface area contributed by atoms with E-state index in [2.05, 4.69) is 31.2 Å². The zero-order chi connectivity index (χ0) is 15.4. The third kappa shape index (κ3) is 3.51. The molecule has 0 atom stereocenters. The molecule has 0 bridgehead atoms. The van der Waals surface area contributed by atoms with Crippen molar-refractivity contribution in [3.63, 3.8) is 0 Å². The molecule has 1 N–H and O–H groups in total. The fraction of sp³-hybridized carbons (Fsp3) is 0.308. The van der Waals surface area contributed by atoms with Crippen molar-refractivity contribution >= 4 is 34.4 Å². The van der Waals surface area contributed by atoms with Gasteiger partial charge in [-0.3, -0.25) is 5.10 Å². The van der Waals surface area contributed by atoms with Crippen LogP contribution < -0.4 is 9.47 Å². The minimum atomic E-state index is 0.446. The Hall–Kier alpha value is -1.67. The van der Waals surface area contributed by atoms with Crippen LogP contribution in [-0.4, -0.2) is 34.8 Å². The van der Waals surface area contributed by atoms with E-state index in [1.54, 1.807) is 18.0 Å². The number of methoxy groups -OCH3 is 1. The second kappa shape index (κ2) is 6.86. The molecule has 0 fully saturated rings. The number of aryl methyl sites for hydroxylation is 1. The van der Waals surface area contributed by atoms with Crippen LogP contribution in [0, 0.1) is 11.7 Å². The van der Waals surface area contributed by atoms with Crippen LogP contribution in [0.1, 0.15) is 18.3 Å². The molecule has 0 aliphatic carbocycles. The average Bonchev–Trinajstić information content (AvgIpc) is 2.76. The highest BCUT2D eigenvalue weighted by molar-refractivity contribution is 9.10. The third-order valence-corrected chi connectivity index (χ3v) is 3.52. The Balaban J connectivity index is 2.39. The number of benzene rings is 1. The summed E-state index contributed by atoms with van der Waals surface area (Å²) in [6, 6.07) is 3.75. The van der Waals surface area contributed by atoms with Gasteiger partial charge in [0.15, 0.2) is 11.5 Å². The Morgan fingerprint density at radius 3 is 2.86 bits per heavy atom. The lowest BCUT2D eigenvalue weighted by Gasteiger charge is -2.11. The minimum absolute atomic E-state index is 0.446. The Morgan fingerprint density at radius 2 is 2.29 bits per heavy atom. The van der Waals surface area contributed by atoms with E-state index in [0.717, 1.165) is 10.0 Å². The summed E-state index contributed by atoms with van der Waals surface area (Å²) in [7, 11) is 1.60. The van der Waals surface area contributed by atoms with E-state index in [0.29, 0.717) is 28.7 Å². The van der Waals surface area contributed by atoms with Gasteiger partial charge in [-0.15, -0.1) is 0 Å². The van der Waals surface area contributed by atoms with Crippen LogP contribution in [0.2, 0.25) is 0 Å². The summed E-state index contributed by atoms with van der Waals surface area (Å²) in [4.78, 5) is 0. The summed E-state index contributed by atoms with van der Waals surface area (Å²) in [5.41, 5.74) is 0.855. The first kappa shape index (κ1) is 15.7. The number of nitrogens with zero attached hydrogens (tertiary/aromatic N) is 3. The molecular formula is C13H15BrN4O2S. The maximum atomic E-state index is 5.57. The van der Waals surface area contributed by atoms with Crippen molar-refractivity contribution < 1.29 is 9.47 Å². The lowest BCUT2D eigenvalue weighted by Crippen LogP contribution is -1.98. The topological polar surface area (TPSA) is 64.4 Å². The van der Waals surface area contributed by atoms with Gasteiger partial charge in [0.2, 0.25) is 4.77 Å². The number of halogens is 1. The number of hydrogen-bond donors (Lipinski definition) is 1. The highest BCUT2D eigenvalue weighted by atomic mass is 79.9. The van der Waals surface area contributed by atoms with E-state index in [1.807, 2.05) is 26.0 Å². The molecule has 1 aromatic carbocycles. The zero-order valence-electron chi connectivity index (χ0n) is 11.9. The van der Waals surface area contributed by atoms with Crippen LogP contribution in [0.25, 0.3) is 0 Å². The van der Waals surface area contributed by atoms with Crippen LogP contribution in [0.4, 0.5) is 0 Å². The number of ether oxygens (including phenoxy) is 2. The Bertz CT molecular complexity index is 723. The quantitative estimate of drug-likeness (QED) is 0.647. The molecule has 0 radical (unpaired) electrons. The first-order valence-corrected chi connectivity index (χ1v) is 7.45. The summed E-state index contributed by atoms with van der Waals surface area (Å²) < 4.78 is 13.7. The highest BCUT2D eigenvalue weighted by Gasteiger charge is 2.10. The second-order valence-corrected chi connectivity index (χ2v) is 5.34. The highest BCUT2D eigenvalue weighted by Crippen LogP contribution is 2.36. The third-order valence-electron chi connectivity index (χ3n) is 2.67. The smallest absolute Gasteiger partial charge is 0.216 e. The number of rotatable bonds is 5. The van der Waals surface area contributed by atoms with E-state index in [4.69, 9.17) is 21.7 Å². The molecule has 2 aromatic rings. The van der Waals surface area contributed by atoms with Gasteiger partial charge >= 0.3 is 0 Å². The summed E-state index contributed by atoms with van der Waals surface area (Å²) >= 11 is 8.56. The lowest BCUT2D eigenvalue weighted by atomic mass is 10.2. The van der Waals surface area contributed by atoms with Gasteiger partial charge in [0.05, 0.1) is 24.4 Å². The molecule has 0 unspecified atom stereocenters. The summed E-state index contributed by atoms with van der Waals surface area (Å²) in [5, 5.41) is 11.0. The van der Waals surface area contributed by atoms with Gasteiger partial charge in [0, 0.05) is 0 Å². The molecule has 21 heavy (non-hydrogen) atoms. The van der Waals surface area contributed by atoms with Crippen LogP contribution >= 0.6 is 28.1 Å². The predicted octanol–water partition coefficient (Wildman–Crippen LogP) is 3.30. The van der Waals surface area contributed by atoms with Crippen LogP contribution in [-0.2, 0) is 0 Å². The monoisotopic (exact) mass is 370 g/mol. The lowest BCUT2D eigenvalue weighted by molar-refractivity contribution is 0.310. The average molecular weight is 371 g/mol. The molecule has 0 aliphatic rings. The van der Waals surface area contributed by atoms with Gasteiger partial charge in [-0.25, -0.2) is 0 Å². The first-order chi connectivity index (χ1) is 10.1. The standard InChI is InChI=1S/C13H15BrN4O2S/c1-4-20-11-6-9(5-10(14)12(11)19-3)7-15-18-8(2)16-17-13(18)21/h5-7H,4H2,1-3H3,(H,17,21)/b15-7-. The van der Waals surface area contributed by atoms with Crippen molar-refractivity contribution in [1.82, 2.24) is 14.9 Å². The van der Waals surface area contributed by atoms with Gasteiger partial charge in [-0.05, 0) is 59.7 Å². The molecule has 0 saturated heterocycles. The van der Waals surface area contributed by atoms with Crippen molar-refractivity contribution in [1.29, 1.82) is 0 Å². The molecule has 6 nitrogen and oxygen atoms in total. The Kier molecular flexibility index (Phi) is 5.13. The molecule has 2 rings (SSSR count). The van der Waals surface area contributed by atoms with E-state index >= 15 is 0 Å². The molecule has 0 aliphatic heterocycles. The van der Waals surface area contributed by atoms with Crippen LogP contribution in [0.5, 0.6) is 11.5 Å². The van der Waals surface area contributed by atoms with Gasteiger partial charge in [0.25, 0.3) is 0 Å².